The Morgan fingerprint density at radius 2 is 2.32 bits per heavy atom. The Morgan fingerprint density at radius 3 is 2.95 bits per heavy atom. The number of methoxy groups -OCH3 is 1. The van der Waals surface area contributed by atoms with E-state index in [1.54, 1.807) is 36.1 Å². The third-order valence-electron chi connectivity index (χ3n) is 2.50. The van der Waals surface area contributed by atoms with Crippen LogP contribution in [0, 0.1) is 0 Å². The first-order chi connectivity index (χ1) is 9.10. The van der Waals surface area contributed by atoms with Gasteiger partial charge in [0, 0.05) is 18.3 Å². The summed E-state index contributed by atoms with van der Waals surface area (Å²) in [4.78, 5) is 11.6. The van der Waals surface area contributed by atoms with E-state index in [1.165, 1.54) is 7.11 Å². The monoisotopic (exact) mass is 280 g/mol. The molecule has 6 nitrogen and oxygen atoms in total. The van der Waals surface area contributed by atoms with Gasteiger partial charge in [-0.3, -0.25) is 4.68 Å². The maximum Gasteiger partial charge on any atom is 0.339 e. The number of aryl methyl sites for hydroxylation is 1. The quantitative estimate of drug-likeness (QED) is 0.866. The molecular weight excluding hydrogens is 268 g/mol. The molecule has 0 amide bonds. The van der Waals surface area contributed by atoms with Crippen molar-refractivity contribution in [1.29, 1.82) is 0 Å². The van der Waals surface area contributed by atoms with Gasteiger partial charge < -0.3 is 10.1 Å². The number of benzene rings is 1. The summed E-state index contributed by atoms with van der Waals surface area (Å²) in [6.45, 7) is 0.443. The molecular formula is C12H13ClN4O2. The SMILES string of the molecule is COC(=O)c1ccc(Cl)cc1NCc1cn(C)nn1. The smallest absolute Gasteiger partial charge is 0.339 e. The van der Waals surface area contributed by atoms with E-state index in [1.807, 2.05) is 0 Å². The predicted molar refractivity (Wildman–Crippen MR) is 71.1 cm³/mol. The molecule has 100 valence electrons. The van der Waals surface area contributed by atoms with Gasteiger partial charge in [-0.25, -0.2) is 4.79 Å². The number of hydrogen-bond acceptors (Lipinski definition) is 5. The first kappa shape index (κ1) is 13.4. The summed E-state index contributed by atoms with van der Waals surface area (Å²) in [5, 5.41) is 11.4. The molecule has 0 aliphatic carbocycles. The molecule has 1 aromatic heterocycles. The Kier molecular flexibility index (Phi) is 4.01. The molecule has 0 aliphatic rings. The van der Waals surface area contributed by atoms with Gasteiger partial charge in [-0.2, -0.15) is 0 Å². The summed E-state index contributed by atoms with van der Waals surface area (Å²) in [5.74, 6) is -0.418. The van der Waals surface area contributed by atoms with Crippen LogP contribution in [0.15, 0.2) is 24.4 Å². The molecule has 0 bridgehead atoms. The van der Waals surface area contributed by atoms with Crippen LogP contribution in [0.4, 0.5) is 5.69 Å². The number of aromatic nitrogens is 3. The lowest BCUT2D eigenvalue weighted by atomic mass is 10.1. The fraction of sp³-hybridized carbons (Fsp3) is 0.250. The molecule has 7 heteroatoms. The first-order valence-corrected chi connectivity index (χ1v) is 5.95. The summed E-state index contributed by atoms with van der Waals surface area (Å²) in [6, 6.07) is 4.93. The number of nitrogens with one attached hydrogen (secondary N) is 1. The fourth-order valence-corrected chi connectivity index (χ4v) is 1.78. The Labute approximate surface area is 115 Å². The van der Waals surface area contributed by atoms with E-state index < -0.39 is 5.97 Å². The second-order valence-electron chi connectivity index (χ2n) is 3.92. The lowest BCUT2D eigenvalue weighted by Crippen LogP contribution is -2.08. The maximum atomic E-state index is 11.6. The number of anilines is 1. The fourth-order valence-electron chi connectivity index (χ4n) is 1.61. The van der Waals surface area contributed by atoms with Gasteiger partial charge in [0.15, 0.2) is 0 Å². The van der Waals surface area contributed by atoms with Crippen molar-refractivity contribution in [2.24, 2.45) is 7.05 Å². The van der Waals surface area contributed by atoms with Gasteiger partial charge in [-0.05, 0) is 18.2 Å². The average Bonchev–Trinajstić information content (AvgIpc) is 2.81. The number of rotatable bonds is 4. The minimum atomic E-state index is -0.418. The van der Waals surface area contributed by atoms with Gasteiger partial charge in [0.05, 0.1) is 24.9 Å². The number of ether oxygens (including phenoxy) is 1. The third-order valence-corrected chi connectivity index (χ3v) is 2.73. The molecule has 1 heterocycles. The first-order valence-electron chi connectivity index (χ1n) is 5.57. The van der Waals surface area contributed by atoms with E-state index in [2.05, 4.69) is 15.6 Å². The van der Waals surface area contributed by atoms with Crippen LogP contribution in [0.1, 0.15) is 16.1 Å². The Balaban J connectivity index is 2.18. The van der Waals surface area contributed by atoms with E-state index in [0.717, 1.165) is 5.69 Å². The lowest BCUT2D eigenvalue weighted by molar-refractivity contribution is 0.0602. The van der Waals surface area contributed by atoms with Crippen molar-refractivity contribution in [3.63, 3.8) is 0 Å². The van der Waals surface area contributed by atoms with E-state index in [4.69, 9.17) is 16.3 Å². The van der Waals surface area contributed by atoms with Crippen LogP contribution in [0.5, 0.6) is 0 Å². The third kappa shape index (κ3) is 3.23. The van der Waals surface area contributed by atoms with Crippen molar-refractivity contribution in [3.05, 3.63) is 40.7 Å². The molecule has 1 N–H and O–H groups in total. The highest BCUT2D eigenvalue weighted by atomic mass is 35.5. The number of carbonyl (C=O) groups excluding carboxylic acids is 1. The van der Waals surface area contributed by atoms with E-state index in [0.29, 0.717) is 22.8 Å². The van der Waals surface area contributed by atoms with Gasteiger partial charge >= 0.3 is 5.97 Å². The van der Waals surface area contributed by atoms with Gasteiger partial charge in [-0.15, -0.1) is 5.10 Å². The van der Waals surface area contributed by atoms with Crippen LogP contribution in [0.2, 0.25) is 5.02 Å². The summed E-state index contributed by atoms with van der Waals surface area (Å²) in [7, 11) is 3.12. The summed E-state index contributed by atoms with van der Waals surface area (Å²) in [6.07, 6.45) is 1.79. The minimum absolute atomic E-state index is 0.418. The van der Waals surface area contributed by atoms with Crippen LogP contribution in [0.25, 0.3) is 0 Å². The molecule has 0 fully saturated rings. The van der Waals surface area contributed by atoms with Gasteiger partial charge in [0.2, 0.25) is 0 Å². The number of halogens is 1. The Morgan fingerprint density at radius 1 is 1.53 bits per heavy atom. The average molecular weight is 281 g/mol. The number of nitrogens with zero attached hydrogens (tertiary/aromatic N) is 3. The van der Waals surface area contributed by atoms with E-state index in [9.17, 15) is 4.79 Å². The van der Waals surface area contributed by atoms with E-state index >= 15 is 0 Å². The number of hydrogen-bond donors (Lipinski definition) is 1. The van der Waals surface area contributed by atoms with Crippen molar-refractivity contribution in [3.8, 4) is 0 Å². The predicted octanol–water partition coefficient (Wildman–Crippen LogP) is 1.87. The van der Waals surface area contributed by atoms with Crippen LogP contribution in [-0.2, 0) is 18.3 Å². The summed E-state index contributed by atoms with van der Waals surface area (Å²) in [5.41, 5.74) is 1.79. The molecule has 0 aliphatic heterocycles. The highest BCUT2D eigenvalue weighted by molar-refractivity contribution is 6.31. The molecule has 0 spiro atoms. The highest BCUT2D eigenvalue weighted by Gasteiger charge is 2.12. The molecule has 2 aromatic rings. The summed E-state index contributed by atoms with van der Waals surface area (Å²) < 4.78 is 6.33. The largest absolute Gasteiger partial charge is 0.465 e. The molecule has 1 aromatic carbocycles. The molecule has 0 radical (unpaired) electrons. The van der Waals surface area contributed by atoms with Gasteiger partial charge in [0.1, 0.15) is 5.69 Å². The second kappa shape index (κ2) is 5.71. The Hall–Kier alpha value is -2.08. The number of esters is 1. The molecule has 0 unspecified atom stereocenters. The van der Waals surface area contributed by atoms with Crippen molar-refractivity contribution in [1.82, 2.24) is 15.0 Å². The maximum absolute atomic E-state index is 11.6. The zero-order valence-corrected chi connectivity index (χ0v) is 11.3. The lowest BCUT2D eigenvalue weighted by Gasteiger charge is -2.10. The molecule has 0 saturated carbocycles. The van der Waals surface area contributed by atoms with Crippen molar-refractivity contribution in [2.45, 2.75) is 6.54 Å². The summed E-state index contributed by atoms with van der Waals surface area (Å²) >= 11 is 5.93. The van der Waals surface area contributed by atoms with Crippen molar-refractivity contribution >= 4 is 23.3 Å². The second-order valence-corrected chi connectivity index (χ2v) is 4.36. The Bertz CT molecular complexity index is 597. The van der Waals surface area contributed by atoms with Crippen LogP contribution < -0.4 is 5.32 Å². The minimum Gasteiger partial charge on any atom is -0.465 e. The molecule has 19 heavy (non-hydrogen) atoms. The molecule has 0 atom stereocenters. The van der Waals surface area contributed by atoms with Crippen molar-refractivity contribution < 1.29 is 9.53 Å². The zero-order chi connectivity index (χ0) is 13.8. The van der Waals surface area contributed by atoms with E-state index in [-0.39, 0.29) is 0 Å². The number of carbonyl (C=O) groups is 1. The standard InChI is InChI=1S/C12H13ClN4O2/c1-17-7-9(15-16-17)6-14-11-5-8(13)3-4-10(11)12(18)19-2/h3-5,7,14H,6H2,1-2H3. The zero-order valence-electron chi connectivity index (χ0n) is 10.6. The topological polar surface area (TPSA) is 69.0 Å². The van der Waals surface area contributed by atoms with Crippen LogP contribution in [0.3, 0.4) is 0 Å². The molecule has 2 rings (SSSR count). The van der Waals surface area contributed by atoms with Crippen molar-refractivity contribution in [2.75, 3.05) is 12.4 Å². The molecule has 0 saturated heterocycles. The van der Waals surface area contributed by atoms with Crippen LogP contribution >= 0.6 is 11.6 Å². The highest BCUT2D eigenvalue weighted by Crippen LogP contribution is 2.22. The van der Waals surface area contributed by atoms with Gasteiger partial charge in [-0.1, -0.05) is 16.8 Å². The van der Waals surface area contributed by atoms with Crippen LogP contribution in [-0.4, -0.2) is 28.1 Å². The normalized spacial score (nSPS) is 10.3. The van der Waals surface area contributed by atoms with Gasteiger partial charge in [0.25, 0.3) is 0 Å².